The fourth-order valence-corrected chi connectivity index (χ4v) is 2.25. The summed E-state index contributed by atoms with van der Waals surface area (Å²) in [4.78, 5) is -0.475. The molecule has 0 aliphatic rings. The first-order valence-electron chi connectivity index (χ1n) is 4.33. The van der Waals surface area contributed by atoms with Crippen molar-refractivity contribution in [3.63, 3.8) is 0 Å². The van der Waals surface area contributed by atoms with E-state index >= 15 is 0 Å². The van der Waals surface area contributed by atoms with E-state index < -0.39 is 20.5 Å². The van der Waals surface area contributed by atoms with Crippen molar-refractivity contribution < 1.29 is 22.8 Å². The van der Waals surface area contributed by atoms with Crippen molar-refractivity contribution in [1.82, 2.24) is 5.48 Å². The van der Waals surface area contributed by atoms with Crippen molar-refractivity contribution in [3.05, 3.63) is 23.5 Å². The van der Waals surface area contributed by atoms with E-state index in [0.29, 0.717) is 5.56 Å². The van der Waals surface area contributed by atoms with E-state index in [1.165, 1.54) is 13.2 Å². The number of methoxy groups -OCH3 is 1. The van der Waals surface area contributed by atoms with Crippen LogP contribution in [0, 0.1) is 5.82 Å². The molecule has 1 aromatic carbocycles. The van der Waals surface area contributed by atoms with Crippen LogP contribution in [0.4, 0.5) is 4.39 Å². The lowest BCUT2D eigenvalue weighted by atomic mass is 10.2. The van der Waals surface area contributed by atoms with Gasteiger partial charge in [0.15, 0.2) is 9.84 Å². The van der Waals surface area contributed by atoms with Crippen LogP contribution in [-0.2, 0) is 16.4 Å². The molecule has 16 heavy (non-hydrogen) atoms. The van der Waals surface area contributed by atoms with Crippen LogP contribution < -0.4 is 10.2 Å². The number of nitrogens with one attached hydrogen (secondary N) is 1. The summed E-state index contributed by atoms with van der Waals surface area (Å²) in [6.45, 7) is -0.00266. The van der Waals surface area contributed by atoms with Crippen LogP contribution in [0.2, 0.25) is 0 Å². The second-order valence-electron chi connectivity index (χ2n) is 3.22. The van der Waals surface area contributed by atoms with Crippen LogP contribution in [0.5, 0.6) is 5.75 Å². The minimum Gasteiger partial charge on any atom is -0.495 e. The molecule has 0 unspecified atom stereocenters. The lowest BCUT2D eigenvalue weighted by molar-refractivity contribution is 0.161. The van der Waals surface area contributed by atoms with Crippen LogP contribution in [0.3, 0.4) is 0 Å². The van der Waals surface area contributed by atoms with Gasteiger partial charge in [-0.1, -0.05) is 0 Å². The molecular weight excluding hydrogens is 237 g/mol. The van der Waals surface area contributed by atoms with Gasteiger partial charge in [-0.25, -0.2) is 18.3 Å². The van der Waals surface area contributed by atoms with E-state index in [9.17, 15) is 12.8 Å². The summed E-state index contributed by atoms with van der Waals surface area (Å²) in [6.07, 6.45) is 0.901. The average molecular weight is 249 g/mol. The van der Waals surface area contributed by atoms with E-state index in [2.05, 4.69) is 0 Å². The highest BCUT2D eigenvalue weighted by molar-refractivity contribution is 7.90. The molecule has 0 saturated carbocycles. The predicted molar refractivity (Wildman–Crippen MR) is 54.7 cm³/mol. The normalized spacial score (nSPS) is 11.5. The van der Waals surface area contributed by atoms with Gasteiger partial charge in [0.25, 0.3) is 0 Å². The smallest absolute Gasteiger partial charge is 0.182 e. The second kappa shape index (κ2) is 4.77. The van der Waals surface area contributed by atoms with Gasteiger partial charge in [-0.3, -0.25) is 0 Å². The number of hydroxylamine groups is 1. The van der Waals surface area contributed by atoms with Crippen LogP contribution in [0.15, 0.2) is 17.0 Å². The lowest BCUT2D eigenvalue weighted by Gasteiger charge is -2.10. The number of halogens is 1. The van der Waals surface area contributed by atoms with Gasteiger partial charge in [0, 0.05) is 12.8 Å². The summed E-state index contributed by atoms with van der Waals surface area (Å²) < 4.78 is 41.0. The molecule has 1 aromatic rings. The molecule has 7 heteroatoms. The van der Waals surface area contributed by atoms with Gasteiger partial charge in [0.1, 0.15) is 16.5 Å². The van der Waals surface area contributed by atoms with Crippen molar-refractivity contribution in [1.29, 1.82) is 0 Å². The number of hydrogen-bond donors (Lipinski definition) is 2. The first-order chi connectivity index (χ1) is 7.40. The Hall–Kier alpha value is -1.18. The predicted octanol–water partition coefficient (Wildman–Crippen LogP) is 0.717. The quantitative estimate of drug-likeness (QED) is 0.769. The van der Waals surface area contributed by atoms with Gasteiger partial charge in [0.05, 0.1) is 7.11 Å². The number of ether oxygens (including phenoxy) is 1. The third-order valence-electron chi connectivity index (χ3n) is 1.94. The van der Waals surface area contributed by atoms with E-state index in [0.717, 1.165) is 12.3 Å². The highest BCUT2D eigenvalue weighted by Crippen LogP contribution is 2.28. The van der Waals surface area contributed by atoms with Crippen LogP contribution >= 0.6 is 0 Å². The standard InChI is InChI=1S/C9H12FNO4S/c1-15-8-4-6(5-11-12)3-7(10)9(8)16(2,13)14/h3-4,11-12H,5H2,1-2H3. The summed E-state index contributed by atoms with van der Waals surface area (Å²) >= 11 is 0. The van der Waals surface area contributed by atoms with Crippen LogP contribution in [0.1, 0.15) is 5.56 Å². The topological polar surface area (TPSA) is 75.6 Å². The molecule has 2 N–H and O–H groups in total. The zero-order valence-corrected chi connectivity index (χ0v) is 9.64. The largest absolute Gasteiger partial charge is 0.495 e. The molecule has 5 nitrogen and oxygen atoms in total. The Balaban J connectivity index is 3.41. The molecule has 0 spiro atoms. The molecular formula is C9H12FNO4S. The third-order valence-corrected chi connectivity index (χ3v) is 3.08. The molecule has 0 saturated heterocycles. The van der Waals surface area contributed by atoms with Crippen molar-refractivity contribution in [3.8, 4) is 5.75 Å². The fraction of sp³-hybridized carbons (Fsp3) is 0.333. The number of hydrogen-bond acceptors (Lipinski definition) is 5. The Morgan fingerprint density at radius 1 is 1.50 bits per heavy atom. The zero-order valence-electron chi connectivity index (χ0n) is 8.82. The Morgan fingerprint density at radius 2 is 2.12 bits per heavy atom. The number of sulfone groups is 1. The maximum Gasteiger partial charge on any atom is 0.182 e. The van der Waals surface area contributed by atoms with Gasteiger partial charge in [-0.15, -0.1) is 0 Å². The van der Waals surface area contributed by atoms with E-state index in [-0.39, 0.29) is 12.3 Å². The summed E-state index contributed by atoms with van der Waals surface area (Å²) in [5.74, 6) is -0.972. The number of benzene rings is 1. The van der Waals surface area contributed by atoms with E-state index in [1.54, 1.807) is 0 Å². The van der Waals surface area contributed by atoms with Gasteiger partial charge >= 0.3 is 0 Å². The second-order valence-corrected chi connectivity index (χ2v) is 5.17. The maximum absolute atomic E-state index is 13.5. The SMILES string of the molecule is COc1cc(CNO)cc(F)c1S(C)(=O)=O. The monoisotopic (exact) mass is 249 g/mol. The fourth-order valence-electron chi connectivity index (χ4n) is 1.33. The molecule has 0 aromatic heterocycles. The van der Waals surface area contributed by atoms with E-state index in [1.807, 2.05) is 5.48 Å². The Kier molecular flexibility index (Phi) is 3.84. The molecule has 0 aliphatic heterocycles. The van der Waals surface area contributed by atoms with Crippen LogP contribution in [0.25, 0.3) is 0 Å². The molecule has 90 valence electrons. The highest BCUT2D eigenvalue weighted by atomic mass is 32.2. The zero-order chi connectivity index (χ0) is 12.3. The van der Waals surface area contributed by atoms with Gasteiger partial charge < -0.3 is 9.94 Å². The molecule has 0 bridgehead atoms. The van der Waals surface area contributed by atoms with Crippen molar-refractivity contribution >= 4 is 9.84 Å². The molecule has 1 rings (SSSR count). The minimum atomic E-state index is -3.69. The highest BCUT2D eigenvalue weighted by Gasteiger charge is 2.20. The minimum absolute atomic E-state index is 0.00266. The summed E-state index contributed by atoms with van der Waals surface area (Å²) in [5, 5.41) is 8.47. The average Bonchev–Trinajstić information content (AvgIpc) is 2.15. The van der Waals surface area contributed by atoms with Crippen molar-refractivity contribution in [2.45, 2.75) is 11.4 Å². The Labute approximate surface area is 92.7 Å². The summed E-state index contributed by atoms with van der Waals surface area (Å²) in [5.41, 5.74) is 2.23. The molecule has 0 amide bonds. The summed E-state index contributed by atoms with van der Waals surface area (Å²) in [7, 11) is -2.44. The maximum atomic E-state index is 13.5. The van der Waals surface area contributed by atoms with Gasteiger partial charge in [-0.2, -0.15) is 0 Å². The lowest BCUT2D eigenvalue weighted by Crippen LogP contribution is -2.09. The molecule has 0 heterocycles. The van der Waals surface area contributed by atoms with Crippen molar-refractivity contribution in [2.24, 2.45) is 0 Å². The molecule has 0 radical (unpaired) electrons. The van der Waals surface area contributed by atoms with E-state index in [4.69, 9.17) is 9.94 Å². The van der Waals surface area contributed by atoms with Gasteiger partial charge in [0.2, 0.25) is 0 Å². The molecule has 0 aliphatic carbocycles. The Bertz CT molecular complexity index is 487. The third kappa shape index (κ3) is 2.69. The first kappa shape index (κ1) is 12.9. The van der Waals surface area contributed by atoms with Crippen molar-refractivity contribution in [2.75, 3.05) is 13.4 Å². The molecule has 0 fully saturated rings. The van der Waals surface area contributed by atoms with Gasteiger partial charge in [-0.05, 0) is 17.7 Å². The molecule has 0 atom stereocenters. The first-order valence-corrected chi connectivity index (χ1v) is 6.22. The number of rotatable bonds is 4. The van der Waals surface area contributed by atoms with Crippen LogP contribution in [-0.4, -0.2) is 27.0 Å². The Morgan fingerprint density at radius 3 is 2.56 bits per heavy atom. The summed E-state index contributed by atoms with van der Waals surface area (Å²) in [6, 6.07) is 2.38.